The molecule has 0 unspecified atom stereocenters. The van der Waals surface area contributed by atoms with E-state index in [1.165, 1.54) is 12.8 Å². The van der Waals surface area contributed by atoms with Gasteiger partial charge in [0.25, 0.3) is 0 Å². The number of H-pyrrole nitrogens is 1. The third-order valence-corrected chi connectivity index (χ3v) is 4.19. The van der Waals surface area contributed by atoms with Crippen molar-refractivity contribution in [1.29, 1.82) is 0 Å². The van der Waals surface area contributed by atoms with Crippen LogP contribution in [0, 0.1) is 11.8 Å². The molecule has 1 aromatic heterocycles. The smallest absolute Gasteiger partial charge is 0.224 e. The molecule has 2 heterocycles. The highest BCUT2D eigenvalue weighted by molar-refractivity contribution is 5.79. The van der Waals surface area contributed by atoms with Gasteiger partial charge in [-0.1, -0.05) is 0 Å². The van der Waals surface area contributed by atoms with Gasteiger partial charge in [-0.2, -0.15) is 0 Å². The molecule has 1 aliphatic carbocycles. The van der Waals surface area contributed by atoms with E-state index in [1.54, 1.807) is 6.20 Å². The molecule has 0 radical (unpaired) electrons. The van der Waals surface area contributed by atoms with Gasteiger partial charge in [0.05, 0.1) is 5.92 Å². The van der Waals surface area contributed by atoms with Crippen molar-refractivity contribution in [3.05, 3.63) is 18.2 Å². The Morgan fingerprint density at radius 3 is 3.05 bits per heavy atom. The highest BCUT2D eigenvalue weighted by Gasteiger charge is 2.40. The number of nitrogens with zero attached hydrogens (tertiary/aromatic N) is 1. The van der Waals surface area contributed by atoms with E-state index in [4.69, 9.17) is 0 Å². The van der Waals surface area contributed by atoms with Crippen molar-refractivity contribution < 1.29 is 4.79 Å². The molecule has 2 atom stereocenters. The Labute approximate surface area is 113 Å². The number of carbonyl (C=O) groups excluding carboxylic acids is 1. The molecular formula is C14H22N4O. The van der Waals surface area contributed by atoms with Crippen LogP contribution in [0.3, 0.4) is 0 Å². The van der Waals surface area contributed by atoms with Gasteiger partial charge < -0.3 is 15.6 Å². The monoisotopic (exact) mass is 262 g/mol. The molecule has 2 fully saturated rings. The molecule has 3 rings (SSSR count). The fourth-order valence-corrected chi connectivity index (χ4v) is 3.03. The Hall–Kier alpha value is -1.36. The zero-order valence-electron chi connectivity index (χ0n) is 11.2. The van der Waals surface area contributed by atoms with E-state index >= 15 is 0 Å². The van der Waals surface area contributed by atoms with Crippen molar-refractivity contribution in [3.8, 4) is 0 Å². The number of carbonyl (C=O) groups is 1. The lowest BCUT2D eigenvalue weighted by Gasteiger charge is -2.31. The lowest BCUT2D eigenvalue weighted by Crippen LogP contribution is -2.49. The predicted octanol–water partition coefficient (Wildman–Crippen LogP) is 0.847. The van der Waals surface area contributed by atoms with E-state index in [9.17, 15) is 4.79 Å². The van der Waals surface area contributed by atoms with Gasteiger partial charge in [0.15, 0.2) is 0 Å². The summed E-state index contributed by atoms with van der Waals surface area (Å²) in [7, 11) is 0. The number of imidazole rings is 1. The molecule has 5 nitrogen and oxygen atoms in total. The molecule has 104 valence electrons. The first-order valence-corrected chi connectivity index (χ1v) is 7.34. The molecule has 1 aliphatic heterocycles. The van der Waals surface area contributed by atoms with Gasteiger partial charge in [-0.25, -0.2) is 4.98 Å². The average Bonchev–Trinajstić information content (AvgIpc) is 3.16. The number of piperidine rings is 1. The van der Waals surface area contributed by atoms with Crippen LogP contribution in [0.5, 0.6) is 0 Å². The second kappa shape index (κ2) is 5.74. The fraction of sp³-hybridized carbons (Fsp3) is 0.714. The van der Waals surface area contributed by atoms with E-state index in [-0.39, 0.29) is 11.8 Å². The summed E-state index contributed by atoms with van der Waals surface area (Å²) in [5.41, 5.74) is 0. The molecule has 2 aliphatic rings. The number of aromatic amines is 1. The van der Waals surface area contributed by atoms with Crippen LogP contribution in [0.25, 0.3) is 0 Å². The van der Waals surface area contributed by atoms with E-state index in [1.807, 2.05) is 6.20 Å². The van der Waals surface area contributed by atoms with E-state index in [0.717, 1.165) is 37.5 Å². The van der Waals surface area contributed by atoms with Crippen LogP contribution in [0.4, 0.5) is 0 Å². The minimum atomic E-state index is 0.165. The summed E-state index contributed by atoms with van der Waals surface area (Å²) in [5.74, 6) is 2.05. The number of rotatable bonds is 5. The number of aromatic nitrogens is 2. The molecule has 0 aromatic carbocycles. The molecule has 1 amide bonds. The zero-order chi connectivity index (χ0) is 13.1. The first kappa shape index (κ1) is 12.7. The summed E-state index contributed by atoms with van der Waals surface area (Å²) in [4.78, 5) is 19.5. The summed E-state index contributed by atoms with van der Waals surface area (Å²) in [6, 6.07) is 0.414. The van der Waals surface area contributed by atoms with Gasteiger partial charge in [-0.05, 0) is 38.1 Å². The number of amides is 1. The lowest BCUT2D eigenvalue weighted by atomic mass is 9.87. The largest absolute Gasteiger partial charge is 0.355 e. The van der Waals surface area contributed by atoms with E-state index < -0.39 is 0 Å². The molecule has 19 heavy (non-hydrogen) atoms. The lowest BCUT2D eigenvalue weighted by molar-refractivity contribution is -0.126. The topological polar surface area (TPSA) is 69.8 Å². The van der Waals surface area contributed by atoms with Crippen LogP contribution in [-0.4, -0.2) is 35.0 Å². The number of hydrogen-bond acceptors (Lipinski definition) is 3. The molecule has 0 spiro atoms. The summed E-state index contributed by atoms with van der Waals surface area (Å²) < 4.78 is 0. The second-order valence-electron chi connectivity index (χ2n) is 5.64. The quantitative estimate of drug-likeness (QED) is 0.736. The Morgan fingerprint density at radius 2 is 2.32 bits per heavy atom. The maximum atomic E-state index is 12.3. The number of hydrogen-bond donors (Lipinski definition) is 3. The molecule has 1 saturated carbocycles. The minimum absolute atomic E-state index is 0.165. The Morgan fingerprint density at radius 1 is 1.42 bits per heavy atom. The van der Waals surface area contributed by atoms with Crippen LogP contribution in [0.1, 0.15) is 31.5 Å². The van der Waals surface area contributed by atoms with Gasteiger partial charge >= 0.3 is 0 Å². The van der Waals surface area contributed by atoms with E-state index in [0.29, 0.717) is 12.6 Å². The minimum Gasteiger partial charge on any atom is -0.355 e. The SMILES string of the molecule is O=C(NCCc1ncc[nH]1)[C@@H]1CCCN[C@@H]1C1CC1. The summed E-state index contributed by atoms with van der Waals surface area (Å²) in [5, 5.41) is 6.60. The second-order valence-corrected chi connectivity index (χ2v) is 5.64. The maximum absolute atomic E-state index is 12.3. The van der Waals surface area contributed by atoms with Crippen molar-refractivity contribution in [1.82, 2.24) is 20.6 Å². The molecule has 1 aromatic rings. The van der Waals surface area contributed by atoms with Gasteiger partial charge in [0, 0.05) is 31.4 Å². The van der Waals surface area contributed by atoms with Crippen LogP contribution >= 0.6 is 0 Å². The third kappa shape index (κ3) is 3.15. The van der Waals surface area contributed by atoms with Crippen molar-refractivity contribution in [2.24, 2.45) is 11.8 Å². The highest BCUT2D eigenvalue weighted by Crippen LogP contribution is 2.38. The Kier molecular flexibility index (Phi) is 3.82. The summed E-state index contributed by atoms with van der Waals surface area (Å²) in [6.07, 6.45) is 9.03. The third-order valence-electron chi connectivity index (χ3n) is 4.19. The standard InChI is InChI=1S/C14H22N4O/c19-14(18-7-5-12-15-8-9-16-12)11-2-1-6-17-13(11)10-3-4-10/h8-11,13,17H,1-7H2,(H,15,16)(H,18,19)/t11-,13-/m1/s1. The van der Waals surface area contributed by atoms with Crippen molar-refractivity contribution in [2.75, 3.05) is 13.1 Å². The molecule has 0 bridgehead atoms. The van der Waals surface area contributed by atoms with Crippen molar-refractivity contribution >= 4 is 5.91 Å². The van der Waals surface area contributed by atoms with Gasteiger partial charge in [0.2, 0.25) is 5.91 Å². The maximum Gasteiger partial charge on any atom is 0.224 e. The normalized spacial score (nSPS) is 27.2. The molecule has 3 N–H and O–H groups in total. The molecule has 5 heteroatoms. The van der Waals surface area contributed by atoms with Crippen molar-refractivity contribution in [3.63, 3.8) is 0 Å². The Balaban J connectivity index is 1.48. The first-order chi connectivity index (χ1) is 9.34. The van der Waals surface area contributed by atoms with Crippen LogP contribution in [-0.2, 0) is 11.2 Å². The molecular weight excluding hydrogens is 240 g/mol. The fourth-order valence-electron chi connectivity index (χ4n) is 3.03. The van der Waals surface area contributed by atoms with Crippen LogP contribution in [0.2, 0.25) is 0 Å². The van der Waals surface area contributed by atoms with Gasteiger partial charge in [0.1, 0.15) is 5.82 Å². The van der Waals surface area contributed by atoms with Crippen LogP contribution in [0.15, 0.2) is 12.4 Å². The Bertz CT molecular complexity index is 413. The predicted molar refractivity (Wildman–Crippen MR) is 72.5 cm³/mol. The van der Waals surface area contributed by atoms with Crippen molar-refractivity contribution in [2.45, 2.75) is 38.1 Å². The number of nitrogens with one attached hydrogen (secondary N) is 3. The molecule has 1 saturated heterocycles. The van der Waals surface area contributed by atoms with Crippen LogP contribution < -0.4 is 10.6 Å². The first-order valence-electron chi connectivity index (χ1n) is 7.34. The summed E-state index contributed by atoms with van der Waals surface area (Å²) in [6.45, 7) is 1.73. The average molecular weight is 262 g/mol. The van der Waals surface area contributed by atoms with Gasteiger partial charge in [-0.3, -0.25) is 4.79 Å². The van der Waals surface area contributed by atoms with Gasteiger partial charge in [-0.15, -0.1) is 0 Å². The zero-order valence-corrected chi connectivity index (χ0v) is 11.2. The summed E-state index contributed by atoms with van der Waals surface area (Å²) >= 11 is 0. The highest BCUT2D eigenvalue weighted by atomic mass is 16.1. The van der Waals surface area contributed by atoms with E-state index in [2.05, 4.69) is 20.6 Å².